The van der Waals surface area contributed by atoms with E-state index in [-0.39, 0.29) is 0 Å². The maximum absolute atomic E-state index is 5.41. The summed E-state index contributed by atoms with van der Waals surface area (Å²) in [4.78, 5) is 7.01. The quantitative estimate of drug-likeness (QED) is 0.809. The highest BCUT2D eigenvalue weighted by atomic mass is 16.5. The van der Waals surface area contributed by atoms with Crippen LogP contribution in [0.25, 0.3) is 0 Å². The largest absolute Gasteiger partial charge is 0.381 e. The molecule has 0 bridgehead atoms. The van der Waals surface area contributed by atoms with Crippen LogP contribution in [0, 0.1) is 0 Å². The van der Waals surface area contributed by atoms with Crippen LogP contribution in [0.4, 0.5) is 5.95 Å². The van der Waals surface area contributed by atoms with Gasteiger partial charge in [-0.25, -0.2) is 0 Å². The summed E-state index contributed by atoms with van der Waals surface area (Å²) >= 11 is 0. The molecular formula is C12H21N5O. The summed E-state index contributed by atoms with van der Waals surface area (Å²) in [5.41, 5.74) is 0. The van der Waals surface area contributed by atoms with E-state index in [0.717, 1.165) is 64.0 Å². The normalized spacial score (nSPS) is 22.4. The summed E-state index contributed by atoms with van der Waals surface area (Å²) in [6.45, 7) is 5.73. The third kappa shape index (κ3) is 2.35. The summed E-state index contributed by atoms with van der Waals surface area (Å²) in [6.07, 6.45) is 2.13. The molecule has 100 valence electrons. The van der Waals surface area contributed by atoms with E-state index in [1.165, 1.54) is 0 Å². The van der Waals surface area contributed by atoms with Crippen molar-refractivity contribution >= 4 is 5.95 Å². The lowest BCUT2D eigenvalue weighted by atomic mass is 10.00. The van der Waals surface area contributed by atoms with E-state index in [0.29, 0.717) is 5.92 Å². The van der Waals surface area contributed by atoms with Crippen LogP contribution in [0.2, 0.25) is 0 Å². The summed E-state index contributed by atoms with van der Waals surface area (Å²) in [5, 5.41) is 7.92. The second-order valence-electron chi connectivity index (χ2n) is 5.02. The Morgan fingerprint density at radius 2 is 1.94 bits per heavy atom. The van der Waals surface area contributed by atoms with Crippen molar-refractivity contribution in [1.82, 2.24) is 20.1 Å². The lowest BCUT2D eigenvalue weighted by Crippen LogP contribution is -2.44. The van der Waals surface area contributed by atoms with Gasteiger partial charge in [-0.15, -0.1) is 5.10 Å². The molecule has 3 heterocycles. The smallest absolute Gasteiger partial charge is 0.245 e. The van der Waals surface area contributed by atoms with Crippen LogP contribution in [-0.4, -0.2) is 54.2 Å². The number of ether oxygens (including phenoxy) is 1. The molecule has 0 radical (unpaired) electrons. The van der Waals surface area contributed by atoms with E-state index in [1.54, 1.807) is 0 Å². The monoisotopic (exact) mass is 251 g/mol. The van der Waals surface area contributed by atoms with Crippen LogP contribution in [0.1, 0.15) is 24.6 Å². The predicted molar refractivity (Wildman–Crippen MR) is 68.9 cm³/mol. The number of hydrogen-bond donors (Lipinski definition) is 1. The van der Waals surface area contributed by atoms with Gasteiger partial charge in [-0.05, 0) is 12.8 Å². The standard InChI is InChI=1S/C12H21N5O/c1-16-11(10-2-8-18-9-3-10)14-12(15-16)17-6-4-13-5-7-17/h10,13H,2-9H2,1H3. The molecule has 0 atom stereocenters. The van der Waals surface area contributed by atoms with Crippen molar-refractivity contribution in [3.05, 3.63) is 5.82 Å². The van der Waals surface area contributed by atoms with Gasteiger partial charge in [0.1, 0.15) is 5.82 Å². The zero-order chi connectivity index (χ0) is 12.4. The third-order valence-corrected chi connectivity index (χ3v) is 3.77. The van der Waals surface area contributed by atoms with Crippen molar-refractivity contribution < 1.29 is 4.74 Å². The van der Waals surface area contributed by atoms with Crippen molar-refractivity contribution in [3.8, 4) is 0 Å². The summed E-state index contributed by atoms with van der Waals surface area (Å²) in [6, 6.07) is 0. The van der Waals surface area contributed by atoms with Gasteiger partial charge in [0.25, 0.3) is 0 Å². The van der Waals surface area contributed by atoms with Gasteiger partial charge in [-0.2, -0.15) is 4.98 Å². The molecule has 18 heavy (non-hydrogen) atoms. The van der Waals surface area contributed by atoms with Gasteiger partial charge in [-0.3, -0.25) is 4.68 Å². The minimum atomic E-state index is 0.507. The van der Waals surface area contributed by atoms with E-state index in [9.17, 15) is 0 Å². The average molecular weight is 251 g/mol. The highest BCUT2D eigenvalue weighted by Gasteiger charge is 2.23. The number of nitrogens with one attached hydrogen (secondary N) is 1. The molecule has 2 saturated heterocycles. The molecule has 1 aromatic heterocycles. The molecule has 2 fully saturated rings. The number of nitrogens with zero attached hydrogens (tertiary/aromatic N) is 4. The van der Waals surface area contributed by atoms with E-state index < -0.39 is 0 Å². The maximum Gasteiger partial charge on any atom is 0.245 e. The molecule has 1 aromatic rings. The van der Waals surface area contributed by atoms with Gasteiger partial charge < -0.3 is 15.0 Å². The van der Waals surface area contributed by atoms with E-state index in [4.69, 9.17) is 9.72 Å². The number of anilines is 1. The summed E-state index contributed by atoms with van der Waals surface area (Å²) in [7, 11) is 2.00. The fourth-order valence-corrected chi connectivity index (χ4v) is 2.69. The van der Waals surface area contributed by atoms with Gasteiger partial charge >= 0.3 is 0 Å². The number of aromatic nitrogens is 3. The first kappa shape index (κ1) is 11.9. The lowest BCUT2D eigenvalue weighted by Gasteiger charge is -2.26. The molecule has 0 amide bonds. The Kier molecular flexibility index (Phi) is 3.47. The second-order valence-corrected chi connectivity index (χ2v) is 5.02. The fraction of sp³-hybridized carbons (Fsp3) is 0.833. The van der Waals surface area contributed by atoms with Gasteiger partial charge in [0.05, 0.1) is 0 Å². The Balaban J connectivity index is 1.76. The first-order valence-corrected chi connectivity index (χ1v) is 6.79. The van der Waals surface area contributed by atoms with Crippen molar-refractivity contribution in [2.45, 2.75) is 18.8 Å². The summed E-state index contributed by atoms with van der Waals surface area (Å²) in [5.74, 6) is 2.51. The summed E-state index contributed by atoms with van der Waals surface area (Å²) < 4.78 is 7.36. The van der Waals surface area contributed by atoms with E-state index in [1.807, 2.05) is 11.7 Å². The van der Waals surface area contributed by atoms with Crippen molar-refractivity contribution in [2.24, 2.45) is 7.05 Å². The van der Waals surface area contributed by atoms with Gasteiger partial charge in [-0.1, -0.05) is 0 Å². The molecule has 0 spiro atoms. The third-order valence-electron chi connectivity index (χ3n) is 3.77. The molecule has 2 aliphatic rings. The molecule has 2 aliphatic heterocycles. The first-order chi connectivity index (χ1) is 8.84. The maximum atomic E-state index is 5.41. The van der Waals surface area contributed by atoms with Crippen molar-refractivity contribution in [3.63, 3.8) is 0 Å². The van der Waals surface area contributed by atoms with Crippen molar-refractivity contribution in [2.75, 3.05) is 44.3 Å². The number of rotatable bonds is 2. The van der Waals surface area contributed by atoms with Crippen molar-refractivity contribution in [1.29, 1.82) is 0 Å². The van der Waals surface area contributed by atoms with E-state index >= 15 is 0 Å². The van der Waals surface area contributed by atoms with E-state index in [2.05, 4.69) is 15.3 Å². The molecule has 1 N–H and O–H groups in total. The zero-order valence-electron chi connectivity index (χ0n) is 10.9. The molecule has 0 aliphatic carbocycles. The Morgan fingerprint density at radius 3 is 2.67 bits per heavy atom. The molecule has 6 nitrogen and oxygen atoms in total. The Morgan fingerprint density at radius 1 is 1.22 bits per heavy atom. The molecule has 0 aromatic carbocycles. The molecule has 0 unspecified atom stereocenters. The van der Waals surface area contributed by atoms with Crippen LogP contribution in [0.3, 0.4) is 0 Å². The van der Waals surface area contributed by atoms with Crippen LogP contribution >= 0.6 is 0 Å². The highest BCUT2D eigenvalue weighted by Crippen LogP contribution is 2.26. The predicted octanol–water partition coefficient (Wildman–Crippen LogP) is 0.119. The van der Waals surface area contributed by atoms with Crippen LogP contribution in [0.15, 0.2) is 0 Å². The molecule has 3 rings (SSSR count). The Hall–Kier alpha value is -1.14. The number of hydrogen-bond acceptors (Lipinski definition) is 5. The van der Waals surface area contributed by atoms with Gasteiger partial charge in [0.15, 0.2) is 0 Å². The SMILES string of the molecule is Cn1nc(N2CCNCC2)nc1C1CCOCC1. The van der Waals surface area contributed by atoms with Crippen LogP contribution in [-0.2, 0) is 11.8 Å². The Bertz CT molecular complexity index is 393. The first-order valence-electron chi connectivity index (χ1n) is 6.79. The molecule has 0 saturated carbocycles. The second kappa shape index (κ2) is 5.24. The number of piperazine rings is 1. The minimum absolute atomic E-state index is 0.507. The van der Waals surface area contributed by atoms with Crippen LogP contribution in [0.5, 0.6) is 0 Å². The lowest BCUT2D eigenvalue weighted by molar-refractivity contribution is 0.0828. The topological polar surface area (TPSA) is 55.2 Å². The van der Waals surface area contributed by atoms with Gasteiger partial charge in [0, 0.05) is 52.4 Å². The fourth-order valence-electron chi connectivity index (χ4n) is 2.69. The average Bonchev–Trinajstić information content (AvgIpc) is 2.83. The minimum Gasteiger partial charge on any atom is -0.381 e. The Labute approximate surface area is 107 Å². The zero-order valence-corrected chi connectivity index (χ0v) is 10.9. The number of aryl methyl sites for hydroxylation is 1. The molecular weight excluding hydrogens is 230 g/mol. The van der Waals surface area contributed by atoms with Gasteiger partial charge in [0.2, 0.25) is 5.95 Å². The molecule has 6 heteroatoms. The van der Waals surface area contributed by atoms with Crippen LogP contribution < -0.4 is 10.2 Å². The highest BCUT2D eigenvalue weighted by molar-refractivity contribution is 5.30.